The zero-order chi connectivity index (χ0) is 21.6. The molecule has 0 atom stereocenters. The third-order valence-corrected chi connectivity index (χ3v) is 6.08. The minimum atomic E-state index is -0.192. The van der Waals surface area contributed by atoms with Crippen molar-refractivity contribution in [3.05, 3.63) is 101 Å². The summed E-state index contributed by atoms with van der Waals surface area (Å²) < 4.78 is 13.5. The molecule has 3 aromatic rings. The van der Waals surface area contributed by atoms with E-state index in [0.717, 1.165) is 50.1 Å². The van der Waals surface area contributed by atoms with E-state index < -0.39 is 0 Å². The Bertz CT molecular complexity index is 995. The number of nitrogens with zero attached hydrogens (tertiary/aromatic N) is 2. The fourth-order valence-electron chi connectivity index (χ4n) is 4.34. The molecule has 0 aromatic heterocycles. The fourth-order valence-corrected chi connectivity index (χ4v) is 4.34. The van der Waals surface area contributed by atoms with Crippen molar-refractivity contribution in [2.24, 2.45) is 0 Å². The quantitative estimate of drug-likeness (QED) is 0.515. The van der Waals surface area contributed by atoms with E-state index in [1.54, 1.807) is 12.1 Å². The van der Waals surface area contributed by atoms with E-state index >= 15 is 0 Å². The minimum absolute atomic E-state index is 0.0495. The van der Waals surface area contributed by atoms with E-state index in [9.17, 15) is 9.18 Å². The van der Waals surface area contributed by atoms with Crippen molar-refractivity contribution < 1.29 is 9.18 Å². The van der Waals surface area contributed by atoms with Crippen LogP contribution in [0.5, 0.6) is 0 Å². The number of carbonyl (C=O) groups excluding carboxylic acids is 1. The lowest BCUT2D eigenvalue weighted by molar-refractivity contribution is 0.0958. The largest absolute Gasteiger partial charge is 0.305 e. The van der Waals surface area contributed by atoms with E-state index in [-0.39, 0.29) is 17.8 Å². The number of carbonyl (C=O) groups is 1. The number of halogens is 1. The van der Waals surface area contributed by atoms with Gasteiger partial charge in [0.2, 0.25) is 0 Å². The van der Waals surface area contributed by atoms with Crippen LogP contribution in [0.1, 0.15) is 41.3 Å². The Labute approximate surface area is 184 Å². The highest BCUT2D eigenvalue weighted by atomic mass is 19.1. The SMILES string of the molecule is CCc1ccc(N(C(=O)c2ccccc2)C2CCN(Cc3cccc(F)c3)CC2)cc1. The van der Waals surface area contributed by atoms with Gasteiger partial charge in [0.15, 0.2) is 0 Å². The van der Waals surface area contributed by atoms with Crippen LogP contribution < -0.4 is 4.90 Å². The minimum Gasteiger partial charge on any atom is -0.305 e. The van der Waals surface area contributed by atoms with Crippen LogP contribution in [-0.4, -0.2) is 29.9 Å². The average molecular weight is 417 g/mol. The number of amides is 1. The van der Waals surface area contributed by atoms with Gasteiger partial charge in [-0.3, -0.25) is 9.69 Å². The summed E-state index contributed by atoms with van der Waals surface area (Å²) in [7, 11) is 0. The number of hydrogen-bond acceptors (Lipinski definition) is 2. The third kappa shape index (κ3) is 5.20. The normalized spacial score (nSPS) is 15.0. The second-order valence-electron chi connectivity index (χ2n) is 8.20. The molecule has 0 spiro atoms. The van der Waals surface area contributed by atoms with Gasteiger partial charge in [0.1, 0.15) is 5.82 Å². The Balaban J connectivity index is 1.51. The maximum atomic E-state index is 13.5. The van der Waals surface area contributed by atoms with E-state index in [1.165, 1.54) is 11.6 Å². The number of hydrogen-bond donors (Lipinski definition) is 0. The summed E-state index contributed by atoms with van der Waals surface area (Å²) in [6, 6.07) is 24.8. The number of benzene rings is 3. The summed E-state index contributed by atoms with van der Waals surface area (Å²) in [6.07, 6.45) is 2.76. The van der Waals surface area contributed by atoms with Gasteiger partial charge < -0.3 is 4.90 Å². The van der Waals surface area contributed by atoms with Crippen molar-refractivity contribution in [3.63, 3.8) is 0 Å². The van der Waals surface area contributed by atoms with Crippen LogP contribution >= 0.6 is 0 Å². The van der Waals surface area contributed by atoms with Gasteiger partial charge in [-0.25, -0.2) is 4.39 Å². The Morgan fingerprint density at radius 2 is 1.65 bits per heavy atom. The van der Waals surface area contributed by atoms with Gasteiger partial charge in [-0.05, 0) is 66.8 Å². The van der Waals surface area contributed by atoms with Gasteiger partial charge in [-0.2, -0.15) is 0 Å². The van der Waals surface area contributed by atoms with Gasteiger partial charge in [-0.1, -0.05) is 49.4 Å². The first kappa shape index (κ1) is 21.3. The van der Waals surface area contributed by atoms with Gasteiger partial charge in [0, 0.05) is 36.9 Å². The topological polar surface area (TPSA) is 23.6 Å². The molecule has 3 nitrogen and oxygen atoms in total. The predicted molar refractivity (Wildman–Crippen MR) is 124 cm³/mol. The van der Waals surface area contributed by atoms with Crippen LogP contribution in [-0.2, 0) is 13.0 Å². The lowest BCUT2D eigenvalue weighted by Gasteiger charge is -2.38. The number of aryl methyl sites for hydroxylation is 1. The molecule has 0 N–H and O–H groups in total. The molecule has 0 unspecified atom stereocenters. The molecular weight excluding hydrogens is 387 g/mol. The van der Waals surface area contributed by atoms with E-state index in [4.69, 9.17) is 0 Å². The first-order valence-electron chi connectivity index (χ1n) is 11.1. The first-order chi connectivity index (χ1) is 15.1. The van der Waals surface area contributed by atoms with E-state index in [0.29, 0.717) is 5.56 Å². The van der Waals surface area contributed by atoms with Crippen LogP contribution in [0, 0.1) is 5.82 Å². The summed E-state index contributed by atoms with van der Waals surface area (Å²) in [4.78, 5) is 17.8. The molecule has 0 radical (unpaired) electrons. The average Bonchev–Trinajstić information content (AvgIpc) is 2.81. The number of rotatable bonds is 6. The lowest BCUT2D eigenvalue weighted by Crippen LogP contribution is -2.47. The molecule has 1 amide bonds. The summed E-state index contributed by atoms with van der Waals surface area (Å²) in [5.74, 6) is -0.143. The maximum absolute atomic E-state index is 13.5. The first-order valence-corrected chi connectivity index (χ1v) is 11.1. The standard InChI is InChI=1S/C27H29FN2O/c1-2-21-11-13-25(14-12-21)30(27(31)23-8-4-3-5-9-23)26-15-17-29(18-16-26)20-22-7-6-10-24(28)19-22/h3-14,19,26H,2,15-18,20H2,1H3. The van der Waals surface area contributed by atoms with Crippen LogP contribution in [0.15, 0.2) is 78.9 Å². The van der Waals surface area contributed by atoms with Crippen LogP contribution in [0.25, 0.3) is 0 Å². The molecule has 0 bridgehead atoms. The summed E-state index contributed by atoms with van der Waals surface area (Å²) in [5.41, 5.74) is 3.92. The van der Waals surface area contributed by atoms with Gasteiger partial charge in [-0.15, -0.1) is 0 Å². The maximum Gasteiger partial charge on any atom is 0.258 e. The molecular formula is C27H29FN2O. The molecule has 1 fully saturated rings. The summed E-state index contributed by atoms with van der Waals surface area (Å²) in [6.45, 7) is 4.64. The summed E-state index contributed by atoms with van der Waals surface area (Å²) >= 11 is 0. The number of piperidine rings is 1. The smallest absolute Gasteiger partial charge is 0.258 e. The van der Waals surface area contributed by atoms with Gasteiger partial charge in [0.25, 0.3) is 5.91 Å². The number of likely N-dealkylation sites (tertiary alicyclic amines) is 1. The van der Waals surface area contributed by atoms with Crippen LogP contribution in [0.4, 0.5) is 10.1 Å². The molecule has 4 heteroatoms. The van der Waals surface area contributed by atoms with Crippen molar-refractivity contribution in [3.8, 4) is 0 Å². The molecule has 3 aromatic carbocycles. The molecule has 4 rings (SSSR count). The van der Waals surface area contributed by atoms with Crippen molar-refractivity contribution >= 4 is 11.6 Å². The van der Waals surface area contributed by atoms with Gasteiger partial charge in [0.05, 0.1) is 0 Å². The molecule has 1 saturated heterocycles. The van der Waals surface area contributed by atoms with Crippen LogP contribution in [0.2, 0.25) is 0 Å². The molecule has 0 saturated carbocycles. The molecule has 1 aliphatic heterocycles. The Morgan fingerprint density at radius 1 is 0.935 bits per heavy atom. The Hall–Kier alpha value is -2.98. The lowest BCUT2D eigenvalue weighted by atomic mass is 9.99. The predicted octanol–water partition coefficient (Wildman–Crippen LogP) is 5.70. The zero-order valence-electron chi connectivity index (χ0n) is 18.0. The van der Waals surface area contributed by atoms with Crippen molar-refractivity contribution in [2.45, 2.75) is 38.8 Å². The second-order valence-corrected chi connectivity index (χ2v) is 8.20. The van der Waals surface area contributed by atoms with E-state index in [1.807, 2.05) is 41.3 Å². The van der Waals surface area contributed by atoms with Crippen molar-refractivity contribution in [1.29, 1.82) is 0 Å². The van der Waals surface area contributed by atoms with Crippen molar-refractivity contribution in [2.75, 3.05) is 18.0 Å². The van der Waals surface area contributed by atoms with E-state index in [2.05, 4.69) is 36.1 Å². The number of anilines is 1. The van der Waals surface area contributed by atoms with Crippen LogP contribution in [0.3, 0.4) is 0 Å². The Morgan fingerprint density at radius 3 is 2.29 bits per heavy atom. The van der Waals surface area contributed by atoms with Gasteiger partial charge >= 0.3 is 0 Å². The zero-order valence-corrected chi connectivity index (χ0v) is 18.0. The highest BCUT2D eigenvalue weighted by molar-refractivity contribution is 6.06. The molecule has 0 aliphatic carbocycles. The molecule has 31 heavy (non-hydrogen) atoms. The molecule has 1 aliphatic rings. The highest BCUT2D eigenvalue weighted by Crippen LogP contribution is 2.27. The third-order valence-electron chi connectivity index (χ3n) is 6.08. The molecule has 1 heterocycles. The fraction of sp³-hybridized carbons (Fsp3) is 0.296. The van der Waals surface area contributed by atoms with Crippen molar-refractivity contribution in [1.82, 2.24) is 4.90 Å². The summed E-state index contributed by atoms with van der Waals surface area (Å²) in [5, 5.41) is 0. The highest BCUT2D eigenvalue weighted by Gasteiger charge is 2.30. The molecule has 160 valence electrons. The second kappa shape index (κ2) is 9.88. The Kier molecular flexibility index (Phi) is 6.78. The monoisotopic (exact) mass is 416 g/mol.